The van der Waals surface area contributed by atoms with E-state index in [1.54, 1.807) is 26.1 Å². The Bertz CT molecular complexity index is 694. The zero-order chi connectivity index (χ0) is 19.4. The van der Waals surface area contributed by atoms with E-state index in [9.17, 15) is 9.59 Å². The second-order valence-electron chi connectivity index (χ2n) is 5.47. The molecule has 0 heterocycles. The van der Waals surface area contributed by atoms with Gasteiger partial charge in [-0.2, -0.15) is 4.99 Å². The molecule has 7 heteroatoms. The number of amides is 2. The Morgan fingerprint density at radius 1 is 1.19 bits per heavy atom. The van der Waals surface area contributed by atoms with E-state index in [4.69, 9.17) is 0 Å². The minimum atomic E-state index is -0.461. The van der Waals surface area contributed by atoms with Crippen LogP contribution in [0.3, 0.4) is 0 Å². The first-order valence-corrected chi connectivity index (χ1v) is 9.59. The topological polar surface area (TPSA) is 83.2 Å². The molecule has 6 nitrogen and oxygen atoms in total. The first-order chi connectivity index (χ1) is 12.5. The van der Waals surface area contributed by atoms with Crippen LogP contribution in [0.2, 0.25) is 0 Å². The number of hydrogen-bond acceptors (Lipinski definition) is 4. The third kappa shape index (κ3) is 8.20. The van der Waals surface area contributed by atoms with Gasteiger partial charge in [0.25, 0.3) is 0 Å². The minimum Gasteiger partial charge on any atom is -0.306 e. The first-order valence-electron chi connectivity index (χ1n) is 8.60. The van der Waals surface area contributed by atoms with E-state index in [2.05, 4.69) is 27.2 Å². The lowest BCUT2D eigenvalue weighted by atomic mass is 10.2. The summed E-state index contributed by atoms with van der Waals surface area (Å²) in [6.45, 7) is 5.63. The zero-order valence-corrected chi connectivity index (χ0v) is 16.6. The van der Waals surface area contributed by atoms with E-state index in [1.165, 1.54) is 11.8 Å². The van der Waals surface area contributed by atoms with Gasteiger partial charge in [0.15, 0.2) is 5.84 Å². The minimum absolute atomic E-state index is 0.135. The highest BCUT2D eigenvalue weighted by molar-refractivity contribution is 8.14. The Balaban J connectivity index is 2.66. The van der Waals surface area contributed by atoms with Crippen LogP contribution in [0.25, 0.3) is 0 Å². The van der Waals surface area contributed by atoms with Gasteiger partial charge in [0.2, 0.25) is 0 Å². The van der Waals surface area contributed by atoms with Gasteiger partial charge in [0.1, 0.15) is 5.78 Å². The van der Waals surface area contributed by atoms with Crippen LogP contribution in [0, 0.1) is 0 Å². The monoisotopic (exact) mass is 374 g/mol. The van der Waals surface area contributed by atoms with E-state index in [0.29, 0.717) is 28.7 Å². The quantitative estimate of drug-likeness (QED) is 0.559. The molecule has 0 aromatic heterocycles. The lowest BCUT2D eigenvalue weighted by Gasteiger charge is -2.05. The van der Waals surface area contributed by atoms with Crippen molar-refractivity contribution in [2.24, 2.45) is 15.0 Å². The van der Waals surface area contributed by atoms with Crippen molar-refractivity contribution in [3.8, 4) is 0 Å². The molecule has 2 amide bonds. The Labute approximate surface area is 159 Å². The molecule has 0 aliphatic carbocycles. The van der Waals surface area contributed by atoms with Crippen molar-refractivity contribution in [2.75, 3.05) is 18.1 Å². The largest absolute Gasteiger partial charge is 0.346 e. The van der Waals surface area contributed by atoms with Crippen LogP contribution in [0.15, 0.2) is 39.2 Å². The molecule has 0 saturated carbocycles. The number of urea groups is 1. The summed E-state index contributed by atoms with van der Waals surface area (Å²) in [7, 11) is 1.70. The van der Waals surface area contributed by atoms with Gasteiger partial charge in [0, 0.05) is 30.9 Å². The highest BCUT2D eigenvalue weighted by atomic mass is 32.2. The van der Waals surface area contributed by atoms with Crippen molar-refractivity contribution in [2.45, 2.75) is 40.0 Å². The normalized spacial score (nSPS) is 12.5. The van der Waals surface area contributed by atoms with Crippen LogP contribution < -0.4 is 5.32 Å². The molecule has 26 heavy (non-hydrogen) atoms. The summed E-state index contributed by atoms with van der Waals surface area (Å²) < 4.78 is 0. The molecule has 0 saturated heterocycles. The van der Waals surface area contributed by atoms with Crippen molar-refractivity contribution in [1.29, 1.82) is 0 Å². The molecule has 1 aromatic rings. The number of hydrogen-bond donors (Lipinski definition) is 1. The first kappa shape index (κ1) is 21.8. The molecule has 0 radical (unpaired) electrons. The van der Waals surface area contributed by atoms with Crippen LogP contribution in [-0.4, -0.2) is 41.7 Å². The zero-order valence-electron chi connectivity index (χ0n) is 15.8. The lowest BCUT2D eigenvalue weighted by Crippen LogP contribution is -2.09. The van der Waals surface area contributed by atoms with Gasteiger partial charge in [-0.1, -0.05) is 20.3 Å². The summed E-state index contributed by atoms with van der Waals surface area (Å²) in [6, 6.07) is 6.81. The predicted octanol–water partition coefficient (Wildman–Crippen LogP) is 4.60. The average Bonchev–Trinajstić information content (AvgIpc) is 2.64. The second-order valence-corrected chi connectivity index (χ2v) is 6.63. The van der Waals surface area contributed by atoms with Crippen molar-refractivity contribution in [3.05, 3.63) is 29.8 Å². The Morgan fingerprint density at radius 2 is 1.88 bits per heavy atom. The van der Waals surface area contributed by atoms with Crippen molar-refractivity contribution in [3.63, 3.8) is 0 Å². The van der Waals surface area contributed by atoms with Gasteiger partial charge < -0.3 is 5.32 Å². The fraction of sp³-hybridized carbons (Fsp3) is 0.421. The number of Topliss-reactive ketones (excluding diaryl/α,β-unsaturated/α-hetero) is 1. The lowest BCUT2D eigenvalue weighted by molar-refractivity contribution is -0.116. The third-order valence-corrected chi connectivity index (χ3v) is 4.31. The third-order valence-electron chi connectivity index (χ3n) is 3.33. The van der Waals surface area contributed by atoms with Crippen LogP contribution >= 0.6 is 11.8 Å². The number of carbonyl (C=O) groups excluding carboxylic acids is 2. The van der Waals surface area contributed by atoms with Crippen LogP contribution in [0.4, 0.5) is 10.5 Å². The standard InChI is InChI=1S/C19H26N4O2S/c1-5-7-12-21-18(20-4)15-8-10-16(11-9-15)23-19(25)22-14(3)26-13-17(24)6-2/h8-12H,5-7,13H2,1-4H3,(H,23,25)/b20-18?,21-12?,22-14-. The summed E-state index contributed by atoms with van der Waals surface area (Å²) >= 11 is 1.27. The van der Waals surface area contributed by atoms with Gasteiger partial charge in [-0.25, -0.2) is 9.79 Å². The van der Waals surface area contributed by atoms with E-state index in [1.807, 2.05) is 25.3 Å². The number of nitrogens with one attached hydrogen (secondary N) is 1. The van der Waals surface area contributed by atoms with E-state index < -0.39 is 6.03 Å². The van der Waals surface area contributed by atoms with Crippen molar-refractivity contribution >= 4 is 46.4 Å². The Kier molecular flexibility index (Phi) is 10.2. The van der Waals surface area contributed by atoms with E-state index in [-0.39, 0.29) is 5.78 Å². The van der Waals surface area contributed by atoms with Crippen molar-refractivity contribution < 1.29 is 9.59 Å². The molecule has 140 valence electrons. The average molecular weight is 375 g/mol. The second kappa shape index (κ2) is 12.1. The molecule has 0 aliphatic rings. The maximum Gasteiger partial charge on any atom is 0.346 e. The summed E-state index contributed by atoms with van der Waals surface area (Å²) in [6.07, 6.45) is 4.30. The van der Waals surface area contributed by atoms with Gasteiger partial charge in [-0.15, -0.1) is 11.8 Å². The molecule has 0 atom stereocenters. The number of ketones is 1. The number of aliphatic imine (C=N–C) groups is 3. The van der Waals surface area contributed by atoms with Gasteiger partial charge in [0.05, 0.1) is 10.8 Å². The van der Waals surface area contributed by atoms with E-state index in [0.717, 1.165) is 18.4 Å². The van der Waals surface area contributed by atoms with Crippen LogP contribution in [0.5, 0.6) is 0 Å². The Hall–Kier alpha value is -2.28. The SMILES string of the molecule is CCCC=NC(=NC)c1ccc(NC(=O)/N=C(/C)SCC(=O)CC)cc1. The molecule has 1 aromatic carbocycles. The maximum atomic E-state index is 11.9. The fourth-order valence-corrected chi connectivity index (χ4v) is 2.58. The molecule has 0 aliphatic heterocycles. The molecule has 1 N–H and O–H groups in total. The summed E-state index contributed by atoms with van der Waals surface area (Å²) in [4.78, 5) is 35.7. The number of carbonyl (C=O) groups is 2. The number of anilines is 1. The molecule has 0 unspecified atom stereocenters. The predicted molar refractivity (Wildman–Crippen MR) is 112 cm³/mol. The summed E-state index contributed by atoms with van der Waals surface area (Å²) in [5.41, 5.74) is 1.52. The van der Waals surface area contributed by atoms with Gasteiger partial charge in [-0.05, 0) is 37.6 Å². The molecular weight excluding hydrogens is 348 g/mol. The number of rotatable bonds is 7. The number of nitrogens with zero attached hydrogens (tertiary/aromatic N) is 3. The van der Waals surface area contributed by atoms with Gasteiger partial charge in [-0.3, -0.25) is 9.79 Å². The Morgan fingerprint density at radius 3 is 2.46 bits per heavy atom. The molecule has 1 rings (SSSR count). The number of thioether (sulfide) groups is 1. The summed E-state index contributed by atoms with van der Waals surface area (Å²) in [5, 5.41) is 3.27. The smallest absolute Gasteiger partial charge is 0.306 e. The summed E-state index contributed by atoms with van der Waals surface area (Å²) in [5.74, 6) is 1.13. The number of amidine groups is 1. The highest BCUT2D eigenvalue weighted by Crippen LogP contribution is 2.12. The molecule has 0 spiro atoms. The number of unbranched alkanes of at least 4 members (excludes halogenated alkanes) is 1. The molecular formula is C19H26N4O2S. The van der Waals surface area contributed by atoms with Crippen LogP contribution in [0.1, 0.15) is 45.6 Å². The maximum absolute atomic E-state index is 11.9. The highest BCUT2D eigenvalue weighted by Gasteiger charge is 2.05. The van der Waals surface area contributed by atoms with Crippen LogP contribution in [-0.2, 0) is 4.79 Å². The van der Waals surface area contributed by atoms with E-state index >= 15 is 0 Å². The number of benzene rings is 1. The fourth-order valence-electron chi connectivity index (χ4n) is 1.86. The molecule has 0 fully saturated rings. The van der Waals surface area contributed by atoms with Crippen molar-refractivity contribution in [1.82, 2.24) is 0 Å². The molecule has 0 bridgehead atoms. The van der Waals surface area contributed by atoms with Gasteiger partial charge >= 0.3 is 6.03 Å².